The predicted molar refractivity (Wildman–Crippen MR) is 91.9 cm³/mol. The summed E-state index contributed by atoms with van der Waals surface area (Å²) in [4.78, 5) is 24.4. The molecule has 2 fully saturated rings. The zero-order chi connectivity index (χ0) is 19.5. The smallest absolute Gasteiger partial charge is 0.308 e. The van der Waals surface area contributed by atoms with Crippen LogP contribution in [0.5, 0.6) is 0 Å². The molecule has 1 aromatic carbocycles. The van der Waals surface area contributed by atoms with Crippen LogP contribution in [-0.2, 0) is 11.0 Å². The Morgan fingerprint density at radius 1 is 1.30 bits per heavy atom. The summed E-state index contributed by atoms with van der Waals surface area (Å²) in [5.41, 5.74) is -2.30. The third-order valence-electron chi connectivity index (χ3n) is 5.99. The van der Waals surface area contributed by atoms with Gasteiger partial charge in [0, 0.05) is 17.8 Å². The van der Waals surface area contributed by atoms with E-state index < -0.39 is 22.4 Å². The number of allylic oxidation sites excluding steroid dienone is 2. The number of nitro groups is 1. The molecule has 2 aliphatic carbocycles. The number of rotatable bonds is 4. The van der Waals surface area contributed by atoms with Crippen molar-refractivity contribution in [3.63, 3.8) is 0 Å². The molecular weight excluding hydrogens is 361 g/mol. The molecule has 1 aromatic rings. The lowest BCUT2D eigenvalue weighted by atomic mass is 9.81. The third kappa shape index (κ3) is 2.57. The van der Waals surface area contributed by atoms with Gasteiger partial charge in [0.15, 0.2) is 0 Å². The standard InChI is InChI=1S/C19H17F3N2O3/c1-2-3-15-16-10-4-5-11(8-10)17(16)18(25)23(15)12-6-7-14(24(26)27)13(9-12)19(20,21)22/h2,4-7,9-11,15-17H,1,3,8H2/t10?,11?,15?,16-,17-/m0/s1. The molecule has 0 aromatic heterocycles. The van der Waals surface area contributed by atoms with Crippen molar-refractivity contribution in [1.29, 1.82) is 0 Å². The Bertz CT molecular complexity index is 864. The van der Waals surface area contributed by atoms with E-state index >= 15 is 0 Å². The SMILES string of the molecule is C=CCC1[C@@H]2C3C=CC(C3)[C@@H]2C(=O)N1c1ccc([N+](=O)[O-])c(C(F)(F)F)c1. The molecule has 3 unspecified atom stereocenters. The third-order valence-corrected chi connectivity index (χ3v) is 5.99. The molecule has 142 valence electrons. The molecule has 0 spiro atoms. The highest BCUT2D eigenvalue weighted by atomic mass is 19.4. The van der Waals surface area contributed by atoms with Crippen LogP contribution in [0.1, 0.15) is 18.4 Å². The highest BCUT2D eigenvalue weighted by Crippen LogP contribution is 2.56. The van der Waals surface area contributed by atoms with Crippen LogP contribution in [0.25, 0.3) is 0 Å². The van der Waals surface area contributed by atoms with Gasteiger partial charge in [0.2, 0.25) is 5.91 Å². The topological polar surface area (TPSA) is 63.5 Å². The minimum Gasteiger partial charge on any atom is -0.308 e. The molecule has 5 nitrogen and oxygen atoms in total. The van der Waals surface area contributed by atoms with E-state index in [-0.39, 0.29) is 41.3 Å². The number of amides is 1. The van der Waals surface area contributed by atoms with Gasteiger partial charge in [-0.3, -0.25) is 14.9 Å². The number of anilines is 1. The zero-order valence-electron chi connectivity index (χ0n) is 14.2. The fourth-order valence-corrected chi connectivity index (χ4v) is 5.04. The first kappa shape index (κ1) is 17.8. The van der Waals surface area contributed by atoms with E-state index in [4.69, 9.17) is 0 Å². The second kappa shape index (κ2) is 5.94. The largest absolute Gasteiger partial charge is 0.423 e. The number of nitro benzene ring substituents is 1. The molecule has 5 atom stereocenters. The van der Waals surface area contributed by atoms with Crippen LogP contribution in [0, 0.1) is 33.8 Å². The fraction of sp³-hybridized carbons (Fsp3) is 0.421. The van der Waals surface area contributed by atoms with Crippen molar-refractivity contribution in [2.75, 3.05) is 4.90 Å². The Kier molecular flexibility index (Phi) is 3.90. The maximum atomic E-state index is 13.3. The molecule has 0 radical (unpaired) electrons. The number of carbonyl (C=O) groups excluding carboxylic acids is 1. The van der Waals surface area contributed by atoms with Gasteiger partial charge >= 0.3 is 6.18 Å². The molecule has 4 rings (SSSR count). The van der Waals surface area contributed by atoms with E-state index in [2.05, 4.69) is 12.7 Å². The average Bonchev–Trinajstić information content (AvgIpc) is 3.27. The average molecular weight is 378 g/mol. The molecule has 8 heteroatoms. The summed E-state index contributed by atoms with van der Waals surface area (Å²) in [5.74, 6) is -0.0563. The van der Waals surface area contributed by atoms with Gasteiger partial charge in [0.25, 0.3) is 5.69 Å². The summed E-state index contributed by atoms with van der Waals surface area (Å²) in [7, 11) is 0. The van der Waals surface area contributed by atoms with Gasteiger partial charge in [-0.25, -0.2) is 0 Å². The minimum absolute atomic E-state index is 0.0371. The van der Waals surface area contributed by atoms with Crippen LogP contribution in [0.4, 0.5) is 24.5 Å². The van der Waals surface area contributed by atoms with E-state index in [9.17, 15) is 28.1 Å². The number of halogens is 3. The monoisotopic (exact) mass is 378 g/mol. The number of benzene rings is 1. The van der Waals surface area contributed by atoms with Crippen LogP contribution in [0.3, 0.4) is 0 Å². The lowest BCUT2D eigenvalue weighted by Crippen LogP contribution is -2.37. The summed E-state index contributed by atoms with van der Waals surface area (Å²) in [5, 5.41) is 11.0. The van der Waals surface area contributed by atoms with E-state index in [1.807, 2.05) is 6.08 Å². The summed E-state index contributed by atoms with van der Waals surface area (Å²) >= 11 is 0. The van der Waals surface area contributed by atoms with Gasteiger partial charge in [-0.15, -0.1) is 6.58 Å². The number of carbonyl (C=O) groups is 1. The maximum absolute atomic E-state index is 13.3. The van der Waals surface area contributed by atoms with E-state index in [0.29, 0.717) is 6.42 Å². The van der Waals surface area contributed by atoms with Crippen LogP contribution >= 0.6 is 0 Å². The Hall–Kier alpha value is -2.64. The number of nitrogens with zero attached hydrogens (tertiary/aromatic N) is 2. The van der Waals surface area contributed by atoms with Crippen LogP contribution in [0.2, 0.25) is 0 Å². The Balaban J connectivity index is 1.79. The zero-order valence-corrected chi connectivity index (χ0v) is 14.2. The summed E-state index contributed by atoms with van der Waals surface area (Å²) in [6.45, 7) is 3.72. The molecule has 27 heavy (non-hydrogen) atoms. The van der Waals surface area contributed by atoms with Crippen molar-refractivity contribution < 1.29 is 22.9 Å². The second-order valence-electron chi connectivity index (χ2n) is 7.31. The molecule has 3 aliphatic rings. The van der Waals surface area contributed by atoms with Gasteiger partial charge in [-0.1, -0.05) is 18.2 Å². The van der Waals surface area contributed by atoms with Crippen LogP contribution in [-0.4, -0.2) is 16.9 Å². The molecule has 1 aliphatic heterocycles. The normalized spacial score (nSPS) is 31.4. The molecule has 0 N–H and O–H groups in total. The molecule has 1 saturated carbocycles. The molecule has 1 saturated heterocycles. The summed E-state index contributed by atoms with van der Waals surface area (Å²) < 4.78 is 40.0. The number of alkyl halides is 3. The predicted octanol–water partition coefficient (Wildman–Crippen LogP) is 4.34. The van der Waals surface area contributed by atoms with Gasteiger partial charge in [0.05, 0.1) is 10.8 Å². The molecule has 1 amide bonds. The first-order chi connectivity index (χ1) is 12.7. The molecule has 2 bridgehead atoms. The van der Waals surface area contributed by atoms with Crippen molar-refractivity contribution in [1.82, 2.24) is 0 Å². The number of fused-ring (bicyclic) bond motifs is 5. The molecule has 1 heterocycles. The van der Waals surface area contributed by atoms with Crippen LogP contribution in [0.15, 0.2) is 43.0 Å². The maximum Gasteiger partial charge on any atom is 0.423 e. The Morgan fingerprint density at radius 3 is 2.63 bits per heavy atom. The number of hydrogen-bond donors (Lipinski definition) is 0. The van der Waals surface area contributed by atoms with Gasteiger partial charge < -0.3 is 4.90 Å². The van der Waals surface area contributed by atoms with Crippen molar-refractivity contribution in [3.8, 4) is 0 Å². The molecular formula is C19H17F3N2O3. The minimum atomic E-state index is -4.88. The lowest BCUT2D eigenvalue weighted by Gasteiger charge is -2.29. The van der Waals surface area contributed by atoms with Crippen molar-refractivity contribution in [3.05, 3.63) is 58.7 Å². The van der Waals surface area contributed by atoms with E-state index in [1.54, 1.807) is 6.08 Å². The van der Waals surface area contributed by atoms with Crippen LogP contribution < -0.4 is 4.90 Å². The van der Waals surface area contributed by atoms with Crippen molar-refractivity contribution in [2.45, 2.75) is 25.1 Å². The van der Waals surface area contributed by atoms with Gasteiger partial charge in [-0.05, 0) is 42.7 Å². The number of hydrogen-bond acceptors (Lipinski definition) is 3. The Labute approximate surface area is 153 Å². The fourth-order valence-electron chi connectivity index (χ4n) is 5.04. The highest BCUT2D eigenvalue weighted by molar-refractivity contribution is 5.99. The lowest BCUT2D eigenvalue weighted by molar-refractivity contribution is -0.388. The first-order valence-electron chi connectivity index (χ1n) is 8.72. The quantitative estimate of drug-likeness (QED) is 0.445. The summed E-state index contributed by atoms with van der Waals surface area (Å²) in [6, 6.07) is 2.50. The van der Waals surface area contributed by atoms with Gasteiger partial charge in [-0.2, -0.15) is 13.2 Å². The van der Waals surface area contributed by atoms with E-state index in [0.717, 1.165) is 18.6 Å². The Morgan fingerprint density at radius 2 is 2.00 bits per heavy atom. The van der Waals surface area contributed by atoms with Gasteiger partial charge in [0.1, 0.15) is 5.56 Å². The second-order valence-corrected chi connectivity index (χ2v) is 7.31. The van der Waals surface area contributed by atoms with Crippen molar-refractivity contribution >= 4 is 17.3 Å². The van der Waals surface area contributed by atoms with Crippen molar-refractivity contribution in [2.24, 2.45) is 23.7 Å². The summed E-state index contributed by atoms with van der Waals surface area (Å²) in [6.07, 6.45) is 2.26. The van der Waals surface area contributed by atoms with E-state index in [1.165, 1.54) is 11.0 Å². The highest BCUT2D eigenvalue weighted by Gasteiger charge is 2.59. The first-order valence-corrected chi connectivity index (χ1v) is 8.72.